The van der Waals surface area contributed by atoms with Crippen LogP contribution in [0.15, 0.2) is 12.3 Å². The van der Waals surface area contributed by atoms with E-state index in [4.69, 9.17) is 20.9 Å². The van der Waals surface area contributed by atoms with E-state index in [1.807, 2.05) is 13.8 Å². The van der Waals surface area contributed by atoms with E-state index in [1.54, 1.807) is 19.9 Å². The average Bonchev–Trinajstić information content (AvgIpc) is 3.20. The number of carbonyl (C=O) groups excluding carboxylic acids is 4. The first-order valence-electron chi connectivity index (χ1n) is 13.1. The van der Waals surface area contributed by atoms with Crippen molar-refractivity contribution in [3.05, 3.63) is 17.8 Å². The largest absolute Gasteiger partial charge is 0.477 e. The highest BCUT2D eigenvalue weighted by Gasteiger charge is 2.57. The maximum absolute atomic E-state index is 13.5. The molecule has 4 aliphatic rings. The number of rotatable bonds is 9. The van der Waals surface area contributed by atoms with Crippen LogP contribution in [0, 0.1) is 29.1 Å². The lowest BCUT2D eigenvalue weighted by molar-refractivity contribution is -0.137. The molecule has 1 aromatic rings. The van der Waals surface area contributed by atoms with E-state index in [9.17, 15) is 19.2 Å². The Morgan fingerprint density at radius 2 is 1.84 bits per heavy atom. The molecule has 0 radical (unpaired) electrons. The van der Waals surface area contributed by atoms with Crippen molar-refractivity contribution >= 4 is 30.1 Å². The Bertz CT molecular complexity index is 1130. The van der Waals surface area contributed by atoms with Gasteiger partial charge in [-0.05, 0) is 69.6 Å². The maximum atomic E-state index is 13.5. The van der Waals surface area contributed by atoms with Gasteiger partial charge < -0.3 is 26.3 Å². The van der Waals surface area contributed by atoms with Crippen LogP contribution in [-0.2, 0) is 9.53 Å². The zero-order valence-electron chi connectivity index (χ0n) is 22.4. The number of imide groups is 1. The van der Waals surface area contributed by atoms with Crippen LogP contribution in [0.25, 0.3) is 6.20 Å². The Morgan fingerprint density at radius 3 is 2.42 bits per heavy atom. The fourth-order valence-corrected chi connectivity index (χ4v) is 6.36. The first-order chi connectivity index (χ1) is 17.8. The summed E-state index contributed by atoms with van der Waals surface area (Å²) in [5, 5.41) is 9.61. The van der Waals surface area contributed by atoms with Gasteiger partial charge in [-0.1, -0.05) is 19.9 Å². The van der Waals surface area contributed by atoms with Crippen molar-refractivity contribution in [1.29, 1.82) is 0 Å². The molecule has 12 nitrogen and oxygen atoms in total. The molecule has 5 amide bonds. The van der Waals surface area contributed by atoms with E-state index >= 15 is 0 Å². The van der Waals surface area contributed by atoms with Crippen molar-refractivity contribution < 1.29 is 28.7 Å². The van der Waals surface area contributed by atoms with Gasteiger partial charge in [0.1, 0.15) is 11.2 Å². The van der Waals surface area contributed by atoms with Gasteiger partial charge in [0.05, 0.1) is 18.2 Å². The van der Waals surface area contributed by atoms with E-state index < -0.39 is 29.0 Å². The molecule has 208 valence electrons. The number of aromatic nitrogens is 2. The van der Waals surface area contributed by atoms with Crippen LogP contribution < -0.4 is 26.8 Å². The number of carbonyl (C=O) groups is 4. The molecule has 0 saturated heterocycles. The van der Waals surface area contributed by atoms with E-state index in [0.29, 0.717) is 25.4 Å². The van der Waals surface area contributed by atoms with Crippen LogP contribution in [0.4, 0.5) is 9.59 Å². The zero-order chi connectivity index (χ0) is 27.8. The molecule has 4 fully saturated rings. The second-order valence-electron chi connectivity index (χ2n) is 11.9. The zero-order valence-corrected chi connectivity index (χ0v) is 22.4. The van der Waals surface area contributed by atoms with Crippen molar-refractivity contribution in [3.63, 3.8) is 0 Å². The number of nitrogens with two attached hydrogens (primary N) is 2. The Kier molecular flexibility index (Phi) is 7.44. The molecule has 1 heterocycles. The van der Waals surface area contributed by atoms with Crippen molar-refractivity contribution in [1.82, 2.24) is 20.4 Å². The van der Waals surface area contributed by atoms with Gasteiger partial charge in [-0.2, -0.15) is 5.10 Å². The van der Waals surface area contributed by atoms with Crippen LogP contribution in [0.1, 0.15) is 70.2 Å². The molecule has 4 saturated carbocycles. The lowest BCUT2D eigenvalue weighted by Crippen LogP contribution is -2.63. The molecule has 2 unspecified atom stereocenters. The van der Waals surface area contributed by atoms with Crippen LogP contribution in [0.2, 0.25) is 0 Å². The van der Waals surface area contributed by atoms with Gasteiger partial charge in [-0.3, -0.25) is 14.9 Å². The first-order valence-corrected chi connectivity index (χ1v) is 13.1. The highest BCUT2D eigenvalue weighted by Crippen LogP contribution is 2.57. The van der Waals surface area contributed by atoms with Gasteiger partial charge in [0.2, 0.25) is 11.8 Å². The Labute approximate surface area is 221 Å². The van der Waals surface area contributed by atoms with Gasteiger partial charge in [0.15, 0.2) is 0 Å². The van der Waals surface area contributed by atoms with Crippen LogP contribution in [0.5, 0.6) is 5.88 Å². The third-order valence-corrected chi connectivity index (χ3v) is 7.83. The molecule has 0 aromatic carbocycles. The predicted octanol–water partition coefficient (Wildman–Crippen LogP) is 2.38. The van der Waals surface area contributed by atoms with Crippen LogP contribution in [-0.4, -0.2) is 52.0 Å². The van der Waals surface area contributed by atoms with Crippen LogP contribution >= 0.6 is 0 Å². The topological polar surface area (TPSA) is 181 Å². The molecule has 0 spiro atoms. The molecule has 4 bridgehead atoms. The summed E-state index contributed by atoms with van der Waals surface area (Å²) in [6.07, 6.45) is 7.96. The highest BCUT2D eigenvalue weighted by atomic mass is 16.6. The van der Waals surface area contributed by atoms with E-state index in [0.717, 1.165) is 19.3 Å². The second kappa shape index (κ2) is 10.3. The molecule has 12 heteroatoms. The standard InChI is InChI=1S/C26H38N6O6/c1-14(2)13-37-21-18(12-29-32(21)6-5-25(3,4)22(34)31-23(27)35)20(33)30-19-16-7-15-8-17(19)11-26(9-15,10-16)38-24(28)36/h5-6,12,14-17,19H,7-11,13H2,1-4H3,(H2,28,36)(H,30,33)(H3,27,31,34,35)/b6-5+/t15?,16?,17?,19-,26-. The number of amides is 5. The Hall–Kier alpha value is -3.57. The smallest absolute Gasteiger partial charge is 0.405 e. The number of nitrogens with zero attached hydrogens (tertiary/aromatic N) is 2. The summed E-state index contributed by atoms with van der Waals surface area (Å²) in [6.45, 7) is 7.58. The maximum Gasteiger partial charge on any atom is 0.405 e. The Balaban J connectivity index is 1.53. The minimum atomic E-state index is -1.08. The molecule has 0 aliphatic heterocycles. The minimum absolute atomic E-state index is 0.0445. The number of nitrogens with one attached hydrogen (secondary N) is 2. The van der Waals surface area contributed by atoms with Gasteiger partial charge >= 0.3 is 12.1 Å². The summed E-state index contributed by atoms with van der Waals surface area (Å²) in [7, 11) is 0. The average molecular weight is 531 g/mol. The third kappa shape index (κ3) is 5.78. The number of primary amides is 2. The number of hydrogen-bond donors (Lipinski definition) is 4. The fraction of sp³-hybridized carbons (Fsp3) is 0.654. The van der Waals surface area contributed by atoms with Gasteiger partial charge in [0.25, 0.3) is 5.91 Å². The molecular formula is C26H38N6O6. The Morgan fingerprint density at radius 1 is 1.18 bits per heavy atom. The molecule has 4 aliphatic carbocycles. The number of urea groups is 1. The van der Waals surface area contributed by atoms with E-state index in [-0.39, 0.29) is 41.1 Å². The van der Waals surface area contributed by atoms with Gasteiger partial charge in [-0.15, -0.1) is 0 Å². The minimum Gasteiger partial charge on any atom is -0.477 e. The summed E-state index contributed by atoms with van der Waals surface area (Å²) >= 11 is 0. The summed E-state index contributed by atoms with van der Waals surface area (Å²) in [4.78, 5) is 48.5. The summed E-state index contributed by atoms with van der Waals surface area (Å²) in [5.74, 6) is 0.450. The van der Waals surface area contributed by atoms with Gasteiger partial charge in [-0.25, -0.2) is 14.3 Å². The van der Waals surface area contributed by atoms with Gasteiger partial charge in [0, 0.05) is 12.2 Å². The SMILES string of the molecule is CC(C)COc1c(C(=O)N[C@H]2C3CC4CC2C[C@](OC(N)=O)(C4)C3)cnn1/C=C/C(C)(C)C(=O)NC(N)=O. The van der Waals surface area contributed by atoms with E-state index in [1.165, 1.54) is 17.1 Å². The molecule has 38 heavy (non-hydrogen) atoms. The fourth-order valence-electron chi connectivity index (χ4n) is 6.36. The monoisotopic (exact) mass is 530 g/mol. The lowest BCUT2D eigenvalue weighted by Gasteiger charge is -2.58. The van der Waals surface area contributed by atoms with Crippen LogP contribution in [0.3, 0.4) is 0 Å². The van der Waals surface area contributed by atoms with Crippen molar-refractivity contribution in [2.45, 2.75) is 71.4 Å². The molecular weight excluding hydrogens is 492 g/mol. The lowest BCUT2D eigenvalue weighted by atomic mass is 9.52. The quantitative estimate of drug-likeness (QED) is 0.378. The normalized spacial score (nSPS) is 27.9. The number of ether oxygens (including phenoxy) is 2. The second-order valence-corrected chi connectivity index (χ2v) is 11.9. The summed E-state index contributed by atoms with van der Waals surface area (Å²) < 4.78 is 13.0. The highest BCUT2D eigenvalue weighted by molar-refractivity contribution is 5.98. The van der Waals surface area contributed by atoms with E-state index in [2.05, 4.69) is 15.7 Å². The molecule has 1 aromatic heterocycles. The van der Waals surface area contributed by atoms with Crippen molar-refractivity contribution in [2.24, 2.45) is 40.6 Å². The van der Waals surface area contributed by atoms with Crippen molar-refractivity contribution in [3.8, 4) is 5.88 Å². The molecule has 5 rings (SSSR count). The first kappa shape index (κ1) is 27.5. The third-order valence-electron chi connectivity index (χ3n) is 7.83. The number of hydrogen-bond acceptors (Lipinski definition) is 7. The predicted molar refractivity (Wildman–Crippen MR) is 138 cm³/mol. The van der Waals surface area contributed by atoms with Crippen molar-refractivity contribution in [2.75, 3.05) is 6.61 Å². The summed E-state index contributed by atoms with van der Waals surface area (Å²) in [6, 6.07) is -0.982. The summed E-state index contributed by atoms with van der Waals surface area (Å²) in [5.41, 5.74) is 9.12. The molecule has 6 N–H and O–H groups in total. The molecule has 2 atom stereocenters.